The molecule has 4 fully saturated rings. The average molecular weight is 821 g/mol. The third-order valence-corrected chi connectivity index (χ3v) is 14.1. The number of nitrogens with one attached hydrogen (secondary N) is 3. The highest BCUT2D eigenvalue weighted by Crippen LogP contribution is 2.53. The van der Waals surface area contributed by atoms with Crippen LogP contribution >= 0.6 is 0 Å². The molecule has 59 heavy (non-hydrogen) atoms. The molecule has 5 atom stereocenters. The molecular weight excluding hydrogens is 773 g/mol. The van der Waals surface area contributed by atoms with Gasteiger partial charge in [0.05, 0.1) is 28.4 Å². The van der Waals surface area contributed by atoms with E-state index in [1.54, 1.807) is 20.8 Å². The van der Waals surface area contributed by atoms with Gasteiger partial charge in [0.1, 0.15) is 29.4 Å². The van der Waals surface area contributed by atoms with E-state index < -0.39 is 73.5 Å². The summed E-state index contributed by atoms with van der Waals surface area (Å²) in [6, 6.07) is 14.5. The lowest BCUT2D eigenvalue weighted by Crippen LogP contribution is -2.60. The van der Waals surface area contributed by atoms with Crippen molar-refractivity contribution in [3.8, 4) is 17.3 Å². The number of carbonyl (C=O) groups is 4. The predicted molar refractivity (Wildman–Crippen MR) is 218 cm³/mol. The summed E-state index contributed by atoms with van der Waals surface area (Å²) in [4.78, 5) is 75.8. The second-order valence-corrected chi connectivity index (χ2v) is 19.4. The van der Waals surface area contributed by atoms with Gasteiger partial charge >= 0.3 is 0 Å². The molecular formula is C43H48N8O7S. The first-order valence-corrected chi connectivity index (χ1v) is 21.5. The maximum atomic E-state index is 14.8. The molecule has 4 amide bonds. The molecule has 0 spiro atoms. The van der Waals surface area contributed by atoms with Crippen molar-refractivity contribution in [2.75, 3.05) is 6.54 Å². The number of sulfonamides is 1. The highest BCUT2D eigenvalue weighted by Gasteiger charge is 2.64. The molecule has 2 aromatic carbocycles. The molecule has 308 valence electrons. The average Bonchev–Trinajstić information content (AvgIpc) is 4.17. The number of carbonyl (C=O) groups excluding carboxylic acids is 4. The second kappa shape index (κ2) is 15.1. The zero-order chi connectivity index (χ0) is 41.7. The fraction of sp³-hybridized carbons (Fsp3) is 0.442. The smallest absolute Gasteiger partial charge is 0.272 e. The van der Waals surface area contributed by atoms with Gasteiger partial charge in [-0.2, -0.15) is 4.98 Å². The summed E-state index contributed by atoms with van der Waals surface area (Å²) in [6.07, 6.45) is 8.39. The Kier molecular flexibility index (Phi) is 10.3. The van der Waals surface area contributed by atoms with Crippen LogP contribution in [0.1, 0.15) is 76.2 Å². The van der Waals surface area contributed by atoms with Crippen molar-refractivity contribution in [2.45, 2.75) is 94.2 Å². The van der Waals surface area contributed by atoms with Crippen molar-refractivity contribution in [1.82, 2.24) is 40.2 Å². The fourth-order valence-corrected chi connectivity index (χ4v) is 9.79. The minimum Gasteiger partial charge on any atom is -0.472 e. The number of fused-ring (bicyclic) bond motifs is 1. The number of aromatic nitrogens is 4. The van der Waals surface area contributed by atoms with E-state index in [1.165, 1.54) is 29.6 Å². The molecule has 4 aliphatic rings. The molecule has 3 saturated carbocycles. The van der Waals surface area contributed by atoms with E-state index >= 15 is 0 Å². The molecule has 0 radical (unpaired) electrons. The van der Waals surface area contributed by atoms with Crippen LogP contribution in [0.5, 0.6) is 5.88 Å². The third-order valence-electron chi connectivity index (χ3n) is 11.9. The van der Waals surface area contributed by atoms with E-state index in [1.807, 2.05) is 54.6 Å². The van der Waals surface area contributed by atoms with Crippen LogP contribution < -0.4 is 20.1 Å². The lowest BCUT2D eigenvalue weighted by Gasteiger charge is -2.35. The number of likely N-dealkylation sites (tertiary alicyclic amines) is 1. The topological polar surface area (TPSA) is 203 Å². The summed E-state index contributed by atoms with van der Waals surface area (Å²) < 4.78 is 35.2. The fourth-order valence-electron chi connectivity index (χ4n) is 8.05. The molecule has 2 aromatic heterocycles. The number of amides is 4. The Morgan fingerprint density at radius 3 is 2.39 bits per heavy atom. The SMILES string of the molecule is C=CC1CC1(NC(=O)[C@@H]1C[C@@H](Oc2nc(-c3ccccc3)nc3ccccc23)CN1C(=O)[C@@H](NC(=O)c1cnccn1)C(C)(C)C)C(=O)NS(=O)(=O)C1(CC2CC2)CC1. The van der Waals surface area contributed by atoms with Crippen LogP contribution in [0, 0.1) is 17.3 Å². The van der Waals surface area contributed by atoms with Gasteiger partial charge in [0.2, 0.25) is 27.7 Å². The summed E-state index contributed by atoms with van der Waals surface area (Å²) in [5, 5.41) is 6.30. The first kappa shape index (κ1) is 40.0. The summed E-state index contributed by atoms with van der Waals surface area (Å²) in [6.45, 7) is 9.13. The number of hydrogen-bond donors (Lipinski definition) is 3. The van der Waals surface area contributed by atoms with Gasteiger partial charge in [-0.15, -0.1) is 6.58 Å². The second-order valence-electron chi connectivity index (χ2n) is 17.4. The van der Waals surface area contributed by atoms with Gasteiger partial charge in [-0.25, -0.2) is 18.4 Å². The van der Waals surface area contributed by atoms with Crippen molar-refractivity contribution in [1.29, 1.82) is 0 Å². The molecule has 15 nitrogen and oxygen atoms in total. The van der Waals surface area contributed by atoms with Crippen LogP contribution in [-0.2, 0) is 24.4 Å². The van der Waals surface area contributed by atoms with E-state index in [-0.39, 0.29) is 31.0 Å². The Balaban J connectivity index is 1.10. The predicted octanol–water partition coefficient (Wildman–Crippen LogP) is 4.12. The first-order chi connectivity index (χ1) is 28.1. The monoisotopic (exact) mass is 820 g/mol. The zero-order valence-electron chi connectivity index (χ0n) is 33.3. The summed E-state index contributed by atoms with van der Waals surface area (Å²) in [5.74, 6) is -2.21. The molecule has 16 heteroatoms. The molecule has 3 aliphatic carbocycles. The van der Waals surface area contributed by atoms with Gasteiger partial charge in [-0.05, 0) is 49.1 Å². The van der Waals surface area contributed by atoms with Gasteiger partial charge in [0.15, 0.2) is 5.82 Å². The molecule has 0 bridgehead atoms. The van der Waals surface area contributed by atoms with Crippen LogP contribution in [0.3, 0.4) is 0 Å². The van der Waals surface area contributed by atoms with Crippen LogP contribution in [-0.4, -0.2) is 91.9 Å². The summed E-state index contributed by atoms with van der Waals surface area (Å²) >= 11 is 0. The van der Waals surface area contributed by atoms with E-state index in [0.29, 0.717) is 41.9 Å². The van der Waals surface area contributed by atoms with Gasteiger partial charge < -0.3 is 20.3 Å². The van der Waals surface area contributed by atoms with Crippen molar-refractivity contribution in [2.24, 2.45) is 17.3 Å². The Morgan fingerprint density at radius 1 is 1.02 bits per heavy atom. The molecule has 1 saturated heterocycles. The Bertz CT molecular complexity index is 2420. The van der Waals surface area contributed by atoms with E-state index in [2.05, 4.69) is 31.9 Å². The van der Waals surface area contributed by atoms with Gasteiger partial charge in [0.25, 0.3) is 11.8 Å². The quantitative estimate of drug-likeness (QED) is 0.155. The Labute approximate surface area is 342 Å². The highest BCUT2D eigenvalue weighted by atomic mass is 32.2. The van der Waals surface area contributed by atoms with Crippen molar-refractivity contribution in [3.63, 3.8) is 0 Å². The molecule has 4 aromatic rings. The van der Waals surface area contributed by atoms with Crippen molar-refractivity contribution in [3.05, 3.63) is 91.5 Å². The van der Waals surface area contributed by atoms with Crippen molar-refractivity contribution < 1.29 is 32.3 Å². The molecule has 3 heterocycles. The highest BCUT2D eigenvalue weighted by molar-refractivity contribution is 7.91. The molecule has 3 N–H and O–H groups in total. The first-order valence-electron chi connectivity index (χ1n) is 20.0. The summed E-state index contributed by atoms with van der Waals surface area (Å²) in [7, 11) is -4.04. The normalized spacial score (nSPS) is 23.8. The number of hydrogen-bond acceptors (Lipinski definition) is 11. The van der Waals surface area contributed by atoms with E-state index in [9.17, 15) is 27.6 Å². The lowest BCUT2D eigenvalue weighted by molar-refractivity contribution is -0.142. The Morgan fingerprint density at radius 2 is 1.75 bits per heavy atom. The molecule has 8 rings (SSSR count). The van der Waals surface area contributed by atoms with Crippen LogP contribution in [0.25, 0.3) is 22.3 Å². The maximum Gasteiger partial charge on any atom is 0.272 e. The number of benzene rings is 2. The number of para-hydroxylation sites is 1. The molecule has 1 aliphatic heterocycles. The minimum atomic E-state index is -4.04. The van der Waals surface area contributed by atoms with Crippen LogP contribution in [0.2, 0.25) is 0 Å². The van der Waals surface area contributed by atoms with E-state index in [0.717, 1.165) is 18.4 Å². The minimum absolute atomic E-state index is 0.00792. The van der Waals surface area contributed by atoms with Gasteiger partial charge in [-0.1, -0.05) is 82.2 Å². The third kappa shape index (κ3) is 8.01. The zero-order valence-corrected chi connectivity index (χ0v) is 34.1. The Hall–Kier alpha value is -5.77. The standard InChI is InChI=1S/C43H48N8O7S/c1-5-28-23-43(28,40(55)50-59(56,57)42(17-18-42)22-26-15-16-26)49-37(53)33-21-29(25-51(33)39(54)34(41(2,3)4)47-36(52)32-24-44-19-20-45-32)58-38-30-13-9-10-14-31(30)46-35(48-38)27-11-7-6-8-12-27/h5-14,19-20,24,26,28-29,33-34H,1,15-18,21-23,25H2,2-4H3,(H,47,52)(H,49,53)(H,50,55)/t28?,29-,33+,34-,43?/m1/s1. The van der Waals surface area contributed by atoms with Crippen LogP contribution in [0.4, 0.5) is 0 Å². The van der Waals surface area contributed by atoms with E-state index in [4.69, 9.17) is 14.7 Å². The van der Waals surface area contributed by atoms with Gasteiger partial charge in [0, 0.05) is 30.3 Å². The summed E-state index contributed by atoms with van der Waals surface area (Å²) in [5.41, 5.74) is -1.03. The lowest BCUT2D eigenvalue weighted by atomic mass is 9.85. The van der Waals surface area contributed by atoms with Gasteiger partial charge in [-0.3, -0.25) is 28.9 Å². The largest absolute Gasteiger partial charge is 0.472 e. The van der Waals surface area contributed by atoms with Crippen molar-refractivity contribution >= 4 is 44.6 Å². The molecule has 2 unspecified atom stereocenters. The number of nitrogens with zero attached hydrogens (tertiary/aromatic N) is 5. The maximum absolute atomic E-state index is 14.8. The van der Waals surface area contributed by atoms with Crippen LogP contribution in [0.15, 0.2) is 85.8 Å². The number of ether oxygens (including phenoxy) is 1. The number of rotatable bonds is 14.